The summed E-state index contributed by atoms with van der Waals surface area (Å²) in [6.07, 6.45) is 3.50. The molecule has 126 valence electrons. The van der Waals surface area contributed by atoms with Crippen molar-refractivity contribution < 1.29 is 0 Å². The summed E-state index contributed by atoms with van der Waals surface area (Å²) in [5, 5.41) is 3.18. The summed E-state index contributed by atoms with van der Waals surface area (Å²) in [7, 11) is 0. The predicted octanol–water partition coefficient (Wildman–Crippen LogP) is 3.18. The first-order chi connectivity index (χ1) is 12.3. The molecule has 0 saturated carbocycles. The third-order valence-electron chi connectivity index (χ3n) is 4.99. The number of nitrogens with zero attached hydrogens (tertiary/aromatic N) is 4. The van der Waals surface area contributed by atoms with Gasteiger partial charge in [-0.15, -0.1) is 11.3 Å². The average Bonchev–Trinajstić information content (AvgIpc) is 3.25. The van der Waals surface area contributed by atoms with E-state index in [1.807, 2.05) is 28.8 Å². The van der Waals surface area contributed by atoms with Gasteiger partial charge in [-0.2, -0.15) is 0 Å². The van der Waals surface area contributed by atoms with E-state index in [9.17, 15) is 4.79 Å². The summed E-state index contributed by atoms with van der Waals surface area (Å²) in [4.78, 5) is 27.5. The third-order valence-corrected chi connectivity index (χ3v) is 5.81. The van der Waals surface area contributed by atoms with Crippen LogP contribution in [0.15, 0.2) is 46.8 Å². The van der Waals surface area contributed by atoms with Crippen LogP contribution in [0.4, 0.5) is 5.82 Å². The predicted molar refractivity (Wildman–Crippen MR) is 100 cm³/mol. The van der Waals surface area contributed by atoms with Crippen LogP contribution in [0, 0.1) is 0 Å². The van der Waals surface area contributed by atoms with Gasteiger partial charge in [0.1, 0.15) is 17.0 Å². The lowest BCUT2D eigenvalue weighted by Crippen LogP contribution is -2.37. The van der Waals surface area contributed by atoms with Crippen molar-refractivity contribution in [2.24, 2.45) is 0 Å². The van der Waals surface area contributed by atoms with Gasteiger partial charge in [-0.3, -0.25) is 4.57 Å². The Kier molecular flexibility index (Phi) is 3.34. The second-order valence-electron chi connectivity index (χ2n) is 6.37. The molecule has 5 rings (SSSR count). The topological polar surface area (TPSA) is 66.8 Å². The SMILES string of the molecule is O=c1[nH]c2ccccc2n1C1CCN(c2ncnc3sccc23)CC1. The molecule has 0 atom stereocenters. The number of fused-ring (bicyclic) bond motifs is 2. The van der Waals surface area contributed by atoms with Crippen molar-refractivity contribution in [3.8, 4) is 0 Å². The van der Waals surface area contributed by atoms with E-state index in [2.05, 4.69) is 31.3 Å². The normalized spacial score (nSPS) is 16.1. The molecule has 4 heterocycles. The number of aromatic nitrogens is 4. The molecule has 1 aliphatic rings. The lowest BCUT2D eigenvalue weighted by Gasteiger charge is -2.33. The minimum Gasteiger partial charge on any atom is -0.356 e. The molecular formula is C18H17N5OS. The van der Waals surface area contributed by atoms with Gasteiger partial charge in [-0.1, -0.05) is 12.1 Å². The molecular weight excluding hydrogens is 334 g/mol. The Hall–Kier alpha value is -2.67. The van der Waals surface area contributed by atoms with Gasteiger partial charge in [0.05, 0.1) is 16.4 Å². The molecule has 7 heteroatoms. The molecule has 0 aliphatic carbocycles. The monoisotopic (exact) mass is 351 g/mol. The van der Waals surface area contributed by atoms with Gasteiger partial charge >= 0.3 is 5.69 Å². The van der Waals surface area contributed by atoms with Crippen molar-refractivity contribution in [1.29, 1.82) is 0 Å². The van der Waals surface area contributed by atoms with Gasteiger partial charge in [0.15, 0.2) is 0 Å². The van der Waals surface area contributed by atoms with E-state index in [0.717, 1.165) is 53.0 Å². The van der Waals surface area contributed by atoms with Crippen molar-refractivity contribution in [3.05, 3.63) is 52.5 Å². The lowest BCUT2D eigenvalue weighted by atomic mass is 10.0. The highest BCUT2D eigenvalue weighted by Gasteiger charge is 2.25. The largest absolute Gasteiger partial charge is 0.356 e. The van der Waals surface area contributed by atoms with Crippen LogP contribution in [0.1, 0.15) is 18.9 Å². The van der Waals surface area contributed by atoms with Crippen LogP contribution in [0.5, 0.6) is 0 Å². The van der Waals surface area contributed by atoms with Crippen molar-refractivity contribution in [2.45, 2.75) is 18.9 Å². The highest BCUT2D eigenvalue weighted by Crippen LogP contribution is 2.31. The standard InChI is InChI=1S/C18H17N5OS/c24-18-21-14-3-1-2-4-15(14)23(18)12-5-8-22(9-6-12)16-13-7-10-25-17(13)20-11-19-16/h1-4,7,10-12H,5-6,8-9H2,(H,21,24). The maximum atomic E-state index is 12.4. The number of H-pyrrole nitrogens is 1. The smallest absolute Gasteiger partial charge is 0.326 e. The van der Waals surface area contributed by atoms with Crippen molar-refractivity contribution in [3.63, 3.8) is 0 Å². The number of hydrogen-bond donors (Lipinski definition) is 1. The second kappa shape index (κ2) is 5.70. The molecule has 6 nitrogen and oxygen atoms in total. The van der Waals surface area contributed by atoms with Gasteiger partial charge < -0.3 is 9.88 Å². The van der Waals surface area contributed by atoms with Crippen LogP contribution in [0.25, 0.3) is 21.3 Å². The number of para-hydroxylation sites is 2. The van der Waals surface area contributed by atoms with Gasteiger partial charge in [-0.05, 0) is 36.4 Å². The van der Waals surface area contributed by atoms with Gasteiger partial charge in [0, 0.05) is 19.1 Å². The summed E-state index contributed by atoms with van der Waals surface area (Å²) in [5.41, 5.74) is 1.89. The van der Waals surface area contributed by atoms with Crippen LogP contribution in [-0.2, 0) is 0 Å². The fraction of sp³-hybridized carbons (Fsp3) is 0.278. The Labute approximate surface area is 147 Å². The number of imidazole rings is 1. The molecule has 1 N–H and O–H groups in total. The lowest BCUT2D eigenvalue weighted by molar-refractivity contribution is 0.396. The van der Waals surface area contributed by atoms with Crippen molar-refractivity contribution in [2.75, 3.05) is 18.0 Å². The minimum absolute atomic E-state index is 0.0121. The molecule has 0 spiro atoms. The number of hydrogen-bond acceptors (Lipinski definition) is 5. The zero-order valence-corrected chi connectivity index (χ0v) is 14.4. The van der Waals surface area contributed by atoms with Gasteiger partial charge in [0.25, 0.3) is 0 Å². The number of thiophene rings is 1. The fourth-order valence-electron chi connectivity index (χ4n) is 3.80. The van der Waals surface area contributed by atoms with Crippen LogP contribution < -0.4 is 10.6 Å². The van der Waals surface area contributed by atoms with Crippen LogP contribution >= 0.6 is 11.3 Å². The number of aromatic amines is 1. The van der Waals surface area contributed by atoms with E-state index in [1.54, 1.807) is 17.7 Å². The maximum Gasteiger partial charge on any atom is 0.326 e. The van der Waals surface area contributed by atoms with Crippen LogP contribution in [0.3, 0.4) is 0 Å². The number of nitrogens with one attached hydrogen (secondary N) is 1. The zero-order valence-electron chi connectivity index (χ0n) is 13.6. The molecule has 25 heavy (non-hydrogen) atoms. The Bertz CT molecular complexity index is 1100. The molecule has 1 aliphatic heterocycles. The summed E-state index contributed by atoms with van der Waals surface area (Å²) in [6, 6.07) is 10.2. The first-order valence-electron chi connectivity index (χ1n) is 8.43. The molecule has 1 saturated heterocycles. The molecule has 0 bridgehead atoms. The second-order valence-corrected chi connectivity index (χ2v) is 7.27. The Morgan fingerprint density at radius 2 is 1.96 bits per heavy atom. The number of rotatable bonds is 2. The summed E-state index contributed by atoms with van der Waals surface area (Å²) >= 11 is 1.64. The van der Waals surface area contributed by atoms with E-state index < -0.39 is 0 Å². The molecule has 4 aromatic rings. The van der Waals surface area contributed by atoms with Gasteiger partial charge in [0.2, 0.25) is 0 Å². The van der Waals surface area contributed by atoms with Crippen LogP contribution in [-0.4, -0.2) is 32.6 Å². The Morgan fingerprint density at radius 3 is 2.84 bits per heavy atom. The molecule has 1 aromatic carbocycles. The first kappa shape index (κ1) is 14.7. The maximum absolute atomic E-state index is 12.4. The Balaban J connectivity index is 1.44. The van der Waals surface area contributed by atoms with E-state index >= 15 is 0 Å². The number of anilines is 1. The summed E-state index contributed by atoms with van der Waals surface area (Å²) in [6.45, 7) is 1.77. The van der Waals surface area contributed by atoms with E-state index in [1.165, 1.54) is 0 Å². The van der Waals surface area contributed by atoms with Crippen molar-refractivity contribution in [1.82, 2.24) is 19.5 Å². The van der Waals surface area contributed by atoms with Crippen LogP contribution in [0.2, 0.25) is 0 Å². The quantitative estimate of drug-likeness (QED) is 0.602. The van der Waals surface area contributed by atoms with E-state index in [-0.39, 0.29) is 11.7 Å². The minimum atomic E-state index is -0.0121. The van der Waals surface area contributed by atoms with Gasteiger partial charge in [-0.25, -0.2) is 14.8 Å². The molecule has 0 radical (unpaired) electrons. The number of benzene rings is 1. The summed E-state index contributed by atoms with van der Waals surface area (Å²) in [5.74, 6) is 1.01. The van der Waals surface area contributed by atoms with E-state index in [4.69, 9.17) is 0 Å². The third kappa shape index (κ3) is 2.34. The Morgan fingerprint density at radius 1 is 1.12 bits per heavy atom. The zero-order chi connectivity index (χ0) is 16.8. The molecule has 0 amide bonds. The number of piperidine rings is 1. The molecule has 0 unspecified atom stereocenters. The fourth-order valence-corrected chi connectivity index (χ4v) is 4.53. The molecule has 3 aromatic heterocycles. The first-order valence-corrected chi connectivity index (χ1v) is 9.31. The highest BCUT2D eigenvalue weighted by molar-refractivity contribution is 7.16. The highest BCUT2D eigenvalue weighted by atomic mass is 32.1. The molecule has 1 fully saturated rings. The summed E-state index contributed by atoms with van der Waals surface area (Å²) < 4.78 is 1.92. The van der Waals surface area contributed by atoms with E-state index in [0.29, 0.717) is 0 Å². The average molecular weight is 351 g/mol. The van der Waals surface area contributed by atoms with Crippen molar-refractivity contribution >= 4 is 38.4 Å².